The molecule has 0 radical (unpaired) electrons. The van der Waals surface area contributed by atoms with Crippen molar-refractivity contribution in [3.8, 4) is 51.2 Å². The summed E-state index contributed by atoms with van der Waals surface area (Å²) < 4.78 is 4.89. The Hall–Kier alpha value is -6.46. The number of nitrogens with zero attached hydrogens (tertiary/aromatic N) is 3. The van der Waals surface area contributed by atoms with Crippen LogP contribution in [0.1, 0.15) is 11.1 Å². The molecule has 0 spiro atoms. The van der Waals surface area contributed by atoms with Crippen LogP contribution in [0.5, 0.6) is 0 Å². The molecule has 0 aliphatic carbocycles. The maximum atomic E-state index is 9.72. The normalized spacial score (nSPS) is 11.3. The van der Waals surface area contributed by atoms with Gasteiger partial charge >= 0.3 is 0 Å². The second kappa shape index (κ2) is 11.1. The zero-order chi connectivity index (χ0) is 32.2. The van der Waals surface area contributed by atoms with Gasteiger partial charge in [-0.2, -0.15) is 10.5 Å². The number of benzene rings is 7. The average Bonchev–Trinajstić information content (AvgIpc) is 3.69. The zero-order valence-corrected chi connectivity index (χ0v) is 26.5. The third-order valence-electron chi connectivity index (χ3n) is 9.25. The highest BCUT2D eigenvalue weighted by Crippen LogP contribution is 2.41. The largest absolute Gasteiger partial charge is 0.309 e. The third-order valence-corrected chi connectivity index (χ3v) is 10.4. The van der Waals surface area contributed by atoms with Gasteiger partial charge in [-0.1, -0.05) is 78.9 Å². The van der Waals surface area contributed by atoms with Gasteiger partial charge < -0.3 is 4.57 Å². The van der Waals surface area contributed by atoms with E-state index in [0.717, 1.165) is 60.9 Å². The van der Waals surface area contributed by atoms with Crippen LogP contribution in [-0.4, -0.2) is 4.57 Å². The fourth-order valence-electron chi connectivity index (χ4n) is 7.00. The van der Waals surface area contributed by atoms with Crippen LogP contribution in [0.3, 0.4) is 0 Å². The molecule has 0 aliphatic heterocycles. The van der Waals surface area contributed by atoms with E-state index in [1.807, 2.05) is 47.7 Å². The number of para-hydroxylation sites is 1. The fourth-order valence-corrected chi connectivity index (χ4v) is 8.09. The number of nitriles is 2. The first-order chi connectivity index (χ1) is 23.7. The first-order valence-electron chi connectivity index (χ1n) is 15.8. The number of thiophene rings is 1. The molecule has 222 valence electrons. The van der Waals surface area contributed by atoms with E-state index >= 15 is 0 Å². The van der Waals surface area contributed by atoms with Crippen LogP contribution in [0, 0.1) is 22.7 Å². The van der Waals surface area contributed by atoms with E-state index in [-0.39, 0.29) is 0 Å². The summed E-state index contributed by atoms with van der Waals surface area (Å²) >= 11 is 1.83. The Morgan fingerprint density at radius 3 is 1.85 bits per heavy atom. The van der Waals surface area contributed by atoms with Gasteiger partial charge in [0.1, 0.15) is 0 Å². The van der Waals surface area contributed by atoms with E-state index in [4.69, 9.17) is 0 Å². The van der Waals surface area contributed by atoms with Crippen molar-refractivity contribution in [2.24, 2.45) is 0 Å². The van der Waals surface area contributed by atoms with Crippen LogP contribution in [0.25, 0.3) is 81.0 Å². The zero-order valence-electron chi connectivity index (χ0n) is 25.7. The van der Waals surface area contributed by atoms with E-state index in [0.29, 0.717) is 11.1 Å². The maximum Gasteiger partial charge on any atom is 0.0991 e. The highest BCUT2D eigenvalue weighted by atomic mass is 32.1. The molecule has 7 aromatic carbocycles. The van der Waals surface area contributed by atoms with Crippen LogP contribution >= 0.6 is 11.3 Å². The number of fused-ring (bicyclic) bond motifs is 6. The third kappa shape index (κ3) is 4.48. The van der Waals surface area contributed by atoms with E-state index in [2.05, 4.69) is 132 Å². The van der Waals surface area contributed by atoms with Gasteiger partial charge in [-0.05, 0) is 106 Å². The van der Waals surface area contributed by atoms with Crippen molar-refractivity contribution in [3.05, 3.63) is 163 Å². The Morgan fingerprint density at radius 1 is 0.417 bits per heavy atom. The molecule has 0 unspecified atom stereocenters. The summed E-state index contributed by atoms with van der Waals surface area (Å²) in [5, 5.41) is 23.8. The van der Waals surface area contributed by atoms with Crippen LogP contribution in [-0.2, 0) is 0 Å². The van der Waals surface area contributed by atoms with Gasteiger partial charge in [0.15, 0.2) is 0 Å². The first-order valence-corrected chi connectivity index (χ1v) is 16.6. The smallest absolute Gasteiger partial charge is 0.0991 e. The molecule has 0 atom stereocenters. The number of hydrogen-bond donors (Lipinski definition) is 0. The van der Waals surface area contributed by atoms with Crippen molar-refractivity contribution in [1.29, 1.82) is 10.5 Å². The number of hydrogen-bond acceptors (Lipinski definition) is 3. The highest BCUT2D eigenvalue weighted by molar-refractivity contribution is 7.25. The molecular weight excluding hydrogens is 603 g/mol. The summed E-state index contributed by atoms with van der Waals surface area (Å²) in [7, 11) is 0. The van der Waals surface area contributed by atoms with Crippen LogP contribution < -0.4 is 0 Å². The van der Waals surface area contributed by atoms with Gasteiger partial charge in [0.05, 0.1) is 34.3 Å². The molecule has 0 fully saturated rings. The molecular formula is C44H25N3S. The minimum absolute atomic E-state index is 0.641. The van der Waals surface area contributed by atoms with Gasteiger partial charge in [-0.15, -0.1) is 11.3 Å². The molecule has 9 rings (SSSR count). The Bertz CT molecular complexity index is 2800. The topological polar surface area (TPSA) is 52.5 Å². The molecule has 0 aliphatic rings. The summed E-state index contributed by atoms with van der Waals surface area (Å²) in [5.41, 5.74) is 11.1. The Kier molecular flexibility index (Phi) is 6.44. The summed E-state index contributed by atoms with van der Waals surface area (Å²) in [4.78, 5) is 0. The van der Waals surface area contributed by atoms with Gasteiger partial charge in [0, 0.05) is 36.6 Å². The average molecular weight is 628 g/mol. The van der Waals surface area contributed by atoms with Crippen molar-refractivity contribution in [3.63, 3.8) is 0 Å². The Morgan fingerprint density at radius 2 is 1.04 bits per heavy atom. The highest BCUT2D eigenvalue weighted by Gasteiger charge is 2.17. The monoisotopic (exact) mass is 627 g/mol. The Balaban J connectivity index is 1.33. The molecule has 2 aromatic heterocycles. The molecule has 0 saturated carbocycles. The molecule has 0 saturated heterocycles. The lowest BCUT2D eigenvalue weighted by molar-refractivity contribution is 1.18. The quantitative estimate of drug-likeness (QED) is 0.195. The SMILES string of the molecule is N#Cc1ccc(-c2ccccc2-c2cc(-c3ccc4sc5ccccc5c4c3)cc(-n3c4ccccc4c4cc(C#N)ccc43)c2)cc1. The lowest BCUT2D eigenvalue weighted by atomic mass is 9.91. The van der Waals surface area contributed by atoms with Gasteiger partial charge in [-0.25, -0.2) is 0 Å². The lowest BCUT2D eigenvalue weighted by Crippen LogP contribution is -1.96. The summed E-state index contributed by atoms with van der Waals surface area (Å²) in [6.07, 6.45) is 0. The first kappa shape index (κ1) is 27.8. The van der Waals surface area contributed by atoms with E-state index < -0.39 is 0 Å². The predicted octanol–water partition coefficient (Wildman–Crippen LogP) is 11.9. The number of rotatable bonds is 4. The molecule has 48 heavy (non-hydrogen) atoms. The van der Waals surface area contributed by atoms with Crippen molar-refractivity contribution in [2.75, 3.05) is 0 Å². The second-order valence-electron chi connectivity index (χ2n) is 12.0. The lowest BCUT2D eigenvalue weighted by Gasteiger charge is -2.16. The van der Waals surface area contributed by atoms with E-state index in [1.54, 1.807) is 0 Å². The van der Waals surface area contributed by atoms with Gasteiger partial charge in [0.2, 0.25) is 0 Å². The van der Waals surface area contributed by atoms with Gasteiger partial charge in [-0.3, -0.25) is 0 Å². The summed E-state index contributed by atoms with van der Waals surface area (Å²) in [6.45, 7) is 0. The van der Waals surface area contributed by atoms with Crippen molar-refractivity contribution < 1.29 is 0 Å². The molecule has 4 heteroatoms. The predicted molar refractivity (Wildman–Crippen MR) is 199 cm³/mol. The molecule has 0 N–H and O–H groups in total. The second-order valence-corrected chi connectivity index (χ2v) is 13.1. The van der Waals surface area contributed by atoms with E-state index in [9.17, 15) is 10.5 Å². The van der Waals surface area contributed by atoms with Crippen molar-refractivity contribution in [1.82, 2.24) is 4.57 Å². The molecule has 0 amide bonds. The van der Waals surface area contributed by atoms with Crippen molar-refractivity contribution in [2.45, 2.75) is 0 Å². The number of aromatic nitrogens is 1. The summed E-state index contributed by atoms with van der Waals surface area (Å²) in [6, 6.07) is 57.5. The van der Waals surface area contributed by atoms with Gasteiger partial charge in [0.25, 0.3) is 0 Å². The van der Waals surface area contributed by atoms with Crippen LogP contribution in [0.4, 0.5) is 0 Å². The summed E-state index contributed by atoms with van der Waals surface area (Å²) in [5.74, 6) is 0. The molecule has 0 bridgehead atoms. The maximum absolute atomic E-state index is 9.72. The van der Waals surface area contributed by atoms with Crippen molar-refractivity contribution >= 4 is 53.3 Å². The standard InChI is InChI=1S/C44H25N3S/c45-26-28-13-16-30(17-14-28)35-7-1-2-8-36(35)33-22-32(31-18-20-44-40(25-31)38-10-4-6-12-43(38)48-44)23-34(24-33)47-41-11-5-3-9-37(41)39-21-29(27-46)15-19-42(39)47/h1-25H. The fraction of sp³-hybridized carbons (Fsp3) is 0. The minimum Gasteiger partial charge on any atom is -0.309 e. The Labute approximate surface area is 281 Å². The molecule has 2 heterocycles. The van der Waals surface area contributed by atoms with Crippen LogP contribution in [0.15, 0.2) is 152 Å². The van der Waals surface area contributed by atoms with E-state index in [1.165, 1.54) is 20.2 Å². The molecule has 9 aromatic rings. The van der Waals surface area contributed by atoms with Crippen LogP contribution in [0.2, 0.25) is 0 Å². The minimum atomic E-state index is 0.641. The molecule has 3 nitrogen and oxygen atoms in total.